The van der Waals surface area contributed by atoms with Gasteiger partial charge in [0.1, 0.15) is 12.9 Å². The van der Waals surface area contributed by atoms with Gasteiger partial charge in [-0.15, -0.1) is 0 Å². The van der Waals surface area contributed by atoms with Crippen molar-refractivity contribution in [3.05, 3.63) is 59.2 Å². The van der Waals surface area contributed by atoms with Crippen LogP contribution >= 0.6 is 0 Å². The van der Waals surface area contributed by atoms with Crippen molar-refractivity contribution in [2.24, 2.45) is 0 Å². The van der Waals surface area contributed by atoms with Crippen LogP contribution in [0.5, 0.6) is 11.5 Å². The standard InChI is InChI=1S/C16H16O3/c1-12-8-14(10-17)9-15(16(12)18-2)19-11-13-6-4-3-5-7-13/h3-10H,11H2,1-2H3. The SMILES string of the molecule is COc1c(C)cc(C=O)cc1OCc1ccccc1. The zero-order valence-electron chi connectivity index (χ0n) is 11.1. The number of ether oxygens (including phenoxy) is 2. The molecule has 0 fully saturated rings. The molecule has 0 heterocycles. The molecule has 2 aromatic carbocycles. The minimum Gasteiger partial charge on any atom is -0.493 e. The van der Waals surface area contributed by atoms with Crippen LogP contribution in [0.3, 0.4) is 0 Å². The summed E-state index contributed by atoms with van der Waals surface area (Å²) in [5.74, 6) is 1.26. The molecule has 0 bridgehead atoms. The summed E-state index contributed by atoms with van der Waals surface area (Å²) in [4.78, 5) is 10.9. The van der Waals surface area contributed by atoms with Gasteiger partial charge in [-0.05, 0) is 30.2 Å². The van der Waals surface area contributed by atoms with Gasteiger partial charge in [-0.3, -0.25) is 4.79 Å². The van der Waals surface area contributed by atoms with Gasteiger partial charge in [0.25, 0.3) is 0 Å². The molecular formula is C16H16O3. The summed E-state index contributed by atoms with van der Waals surface area (Å²) in [7, 11) is 1.60. The van der Waals surface area contributed by atoms with Crippen LogP contribution in [-0.2, 0) is 6.61 Å². The Hall–Kier alpha value is -2.29. The zero-order chi connectivity index (χ0) is 13.7. The Morgan fingerprint density at radius 3 is 2.53 bits per heavy atom. The number of aryl methyl sites for hydroxylation is 1. The van der Waals surface area contributed by atoms with Gasteiger partial charge in [0, 0.05) is 5.56 Å². The van der Waals surface area contributed by atoms with Crippen LogP contribution in [0, 0.1) is 6.92 Å². The first-order valence-corrected chi connectivity index (χ1v) is 6.05. The van der Waals surface area contributed by atoms with E-state index < -0.39 is 0 Å². The van der Waals surface area contributed by atoms with Gasteiger partial charge in [-0.2, -0.15) is 0 Å². The molecule has 3 nitrogen and oxygen atoms in total. The first kappa shape index (κ1) is 13.1. The summed E-state index contributed by atoms with van der Waals surface area (Å²) >= 11 is 0. The number of hydrogen-bond donors (Lipinski definition) is 0. The second kappa shape index (κ2) is 6.05. The highest BCUT2D eigenvalue weighted by Gasteiger charge is 2.10. The normalized spacial score (nSPS) is 10.0. The lowest BCUT2D eigenvalue weighted by Gasteiger charge is -2.13. The maximum atomic E-state index is 10.9. The minimum atomic E-state index is 0.443. The molecule has 0 atom stereocenters. The van der Waals surface area contributed by atoms with Crippen molar-refractivity contribution < 1.29 is 14.3 Å². The highest BCUT2D eigenvalue weighted by atomic mass is 16.5. The Kier molecular flexibility index (Phi) is 4.18. The summed E-state index contributed by atoms with van der Waals surface area (Å²) < 4.78 is 11.1. The van der Waals surface area contributed by atoms with E-state index in [0.717, 1.165) is 17.4 Å². The molecule has 0 aliphatic carbocycles. The van der Waals surface area contributed by atoms with Crippen molar-refractivity contribution in [3.8, 4) is 11.5 Å². The van der Waals surface area contributed by atoms with Gasteiger partial charge < -0.3 is 9.47 Å². The fourth-order valence-corrected chi connectivity index (χ4v) is 1.94. The van der Waals surface area contributed by atoms with Crippen molar-refractivity contribution in [3.63, 3.8) is 0 Å². The maximum absolute atomic E-state index is 10.9. The maximum Gasteiger partial charge on any atom is 0.163 e. The van der Waals surface area contributed by atoms with Gasteiger partial charge in [-0.1, -0.05) is 30.3 Å². The number of carbonyl (C=O) groups excluding carboxylic acids is 1. The molecule has 19 heavy (non-hydrogen) atoms. The third-order valence-electron chi connectivity index (χ3n) is 2.84. The van der Waals surface area contributed by atoms with Crippen LogP contribution in [0.2, 0.25) is 0 Å². The van der Waals surface area contributed by atoms with E-state index in [1.54, 1.807) is 19.2 Å². The quantitative estimate of drug-likeness (QED) is 0.769. The van der Waals surface area contributed by atoms with Crippen molar-refractivity contribution in [2.45, 2.75) is 13.5 Å². The van der Waals surface area contributed by atoms with Crippen LogP contribution < -0.4 is 9.47 Å². The van der Waals surface area contributed by atoms with Gasteiger partial charge in [-0.25, -0.2) is 0 Å². The molecular weight excluding hydrogens is 240 g/mol. The molecule has 0 aliphatic heterocycles. The van der Waals surface area contributed by atoms with Crippen molar-refractivity contribution in [1.29, 1.82) is 0 Å². The van der Waals surface area contributed by atoms with Gasteiger partial charge in [0.15, 0.2) is 11.5 Å². The molecule has 0 saturated heterocycles. The smallest absolute Gasteiger partial charge is 0.163 e. The van der Waals surface area contributed by atoms with Crippen LogP contribution in [0.15, 0.2) is 42.5 Å². The second-order valence-electron chi connectivity index (χ2n) is 4.26. The molecule has 0 spiro atoms. The molecule has 0 aromatic heterocycles. The van der Waals surface area contributed by atoms with E-state index in [1.807, 2.05) is 37.3 Å². The average Bonchev–Trinajstić information content (AvgIpc) is 2.45. The van der Waals surface area contributed by atoms with Crippen LogP contribution in [0.1, 0.15) is 21.5 Å². The average molecular weight is 256 g/mol. The fraction of sp³-hybridized carbons (Fsp3) is 0.188. The van der Waals surface area contributed by atoms with Gasteiger partial charge in [0.2, 0.25) is 0 Å². The molecule has 0 unspecified atom stereocenters. The summed E-state index contributed by atoms with van der Waals surface area (Å²) in [5.41, 5.74) is 2.54. The topological polar surface area (TPSA) is 35.5 Å². The largest absolute Gasteiger partial charge is 0.493 e. The van der Waals surface area contributed by atoms with E-state index in [9.17, 15) is 4.79 Å². The number of benzene rings is 2. The third kappa shape index (κ3) is 3.13. The zero-order valence-corrected chi connectivity index (χ0v) is 11.1. The molecule has 0 saturated carbocycles. The number of methoxy groups -OCH3 is 1. The Balaban J connectivity index is 2.23. The molecule has 3 heteroatoms. The number of aldehydes is 1. The lowest BCUT2D eigenvalue weighted by atomic mass is 10.1. The van der Waals surface area contributed by atoms with E-state index in [0.29, 0.717) is 23.7 Å². The lowest BCUT2D eigenvalue weighted by Crippen LogP contribution is -2.00. The summed E-state index contributed by atoms with van der Waals surface area (Å²) in [6, 6.07) is 13.3. The first-order chi connectivity index (χ1) is 9.24. The van der Waals surface area contributed by atoms with Crippen molar-refractivity contribution in [1.82, 2.24) is 0 Å². The molecule has 0 amide bonds. The van der Waals surface area contributed by atoms with Crippen LogP contribution in [0.25, 0.3) is 0 Å². The monoisotopic (exact) mass is 256 g/mol. The van der Waals surface area contributed by atoms with Gasteiger partial charge >= 0.3 is 0 Å². The predicted octanol–water partition coefficient (Wildman–Crippen LogP) is 3.40. The molecule has 0 aliphatic rings. The highest BCUT2D eigenvalue weighted by molar-refractivity contribution is 5.77. The summed E-state index contributed by atoms with van der Waals surface area (Å²) in [6.07, 6.45) is 0.807. The lowest BCUT2D eigenvalue weighted by molar-refractivity contribution is 0.112. The van der Waals surface area contributed by atoms with E-state index in [2.05, 4.69) is 0 Å². The summed E-state index contributed by atoms with van der Waals surface area (Å²) in [5, 5.41) is 0. The highest BCUT2D eigenvalue weighted by Crippen LogP contribution is 2.32. The number of carbonyl (C=O) groups is 1. The van der Waals surface area contributed by atoms with Crippen LogP contribution in [0.4, 0.5) is 0 Å². The number of hydrogen-bond acceptors (Lipinski definition) is 3. The Labute approximate surface area is 112 Å². The van der Waals surface area contributed by atoms with Crippen molar-refractivity contribution >= 4 is 6.29 Å². The van der Waals surface area contributed by atoms with Crippen molar-refractivity contribution in [2.75, 3.05) is 7.11 Å². The molecule has 2 aromatic rings. The Morgan fingerprint density at radius 2 is 1.89 bits per heavy atom. The molecule has 98 valence electrons. The van der Waals surface area contributed by atoms with E-state index in [1.165, 1.54) is 0 Å². The predicted molar refractivity (Wildman–Crippen MR) is 73.9 cm³/mol. The molecule has 0 radical (unpaired) electrons. The van der Waals surface area contributed by atoms with Crippen LogP contribution in [-0.4, -0.2) is 13.4 Å². The van der Waals surface area contributed by atoms with E-state index in [4.69, 9.17) is 9.47 Å². The molecule has 0 N–H and O–H groups in total. The Bertz CT molecular complexity index is 562. The minimum absolute atomic E-state index is 0.443. The number of rotatable bonds is 5. The second-order valence-corrected chi connectivity index (χ2v) is 4.26. The third-order valence-corrected chi connectivity index (χ3v) is 2.84. The van der Waals surface area contributed by atoms with Gasteiger partial charge in [0.05, 0.1) is 7.11 Å². The Morgan fingerprint density at radius 1 is 1.16 bits per heavy atom. The van der Waals surface area contributed by atoms with E-state index >= 15 is 0 Å². The first-order valence-electron chi connectivity index (χ1n) is 6.05. The fourth-order valence-electron chi connectivity index (χ4n) is 1.94. The summed E-state index contributed by atoms with van der Waals surface area (Å²) in [6.45, 7) is 2.33. The molecule has 2 rings (SSSR count). The van der Waals surface area contributed by atoms with E-state index in [-0.39, 0.29) is 0 Å².